The van der Waals surface area contributed by atoms with Crippen LogP contribution in [0.4, 0.5) is 21.9 Å². The van der Waals surface area contributed by atoms with Gasteiger partial charge in [0, 0.05) is 50.6 Å². The average molecular weight is 746 g/mol. The van der Waals surface area contributed by atoms with Crippen molar-refractivity contribution in [1.29, 1.82) is 0 Å². The van der Waals surface area contributed by atoms with Crippen molar-refractivity contribution in [3.63, 3.8) is 0 Å². The highest BCUT2D eigenvalue weighted by atomic mass is 32.7. The Kier molecular flexibility index (Phi) is 18.2. The van der Waals surface area contributed by atoms with Crippen LogP contribution in [-0.4, -0.2) is 86.4 Å². The molecule has 5 N–H and O–H groups in total. The van der Waals surface area contributed by atoms with Gasteiger partial charge in [-0.05, 0) is 99.9 Å². The molecule has 0 aliphatic carbocycles. The molecule has 0 saturated heterocycles. The van der Waals surface area contributed by atoms with E-state index in [4.69, 9.17) is 15.7 Å². The van der Waals surface area contributed by atoms with Crippen molar-refractivity contribution >= 4 is 59.1 Å². The van der Waals surface area contributed by atoms with Crippen molar-refractivity contribution in [2.75, 3.05) is 51.0 Å². The topological polar surface area (TPSA) is 200 Å². The van der Waals surface area contributed by atoms with Gasteiger partial charge in [0.05, 0.1) is 24.5 Å². The maximum absolute atomic E-state index is 12.6. The Morgan fingerprint density at radius 3 is 2.18 bits per heavy atom. The van der Waals surface area contributed by atoms with E-state index in [9.17, 15) is 28.6 Å². The molecule has 0 spiro atoms. The summed E-state index contributed by atoms with van der Waals surface area (Å²) in [6.07, 6.45) is 5.83. The summed E-state index contributed by atoms with van der Waals surface area (Å²) in [6, 6.07) is 13.2. The van der Waals surface area contributed by atoms with Crippen molar-refractivity contribution in [3.8, 4) is 12.3 Å². The molecule has 2 aromatic rings. The van der Waals surface area contributed by atoms with Gasteiger partial charge in [-0.3, -0.25) is 18.9 Å². The highest BCUT2D eigenvalue weighted by molar-refractivity contribution is 8.54. The number of hydrogen-bond acceptors (Lipinski definition) is 11. The average Bonchev–Trinajstić information content (AvgIpc) is 3.06. The van der Waals surface area contributed by atoms with Crippen LogP contribution in [0, 0.1) is 12.3 Å². The minimum absolute atomic E-state index is 0.0145. The SMILES string of the molecule is C#CCNC(=O)C(CCCCNC(=O)OC(C)(C)C)NC(=O)CCSP(=O)(O)OCCNC(=O)c1ccc(N=Nc2ccc(N(C)C)cc2)cc1. The van der Waals surface area contributed by atoms with Crippen molar-refractivity contribution in [2.24, 2.45) is 10.2 Å². The van der Waals surface area contributed by atoms with E-state index < -0.39 is 42.3 Å². The van der Waals surface area contributed by atoms with Crippen molar-refractivity contribution in [2.45, 2.75) is 58.1 Å². The Morgan fingerprint density at radius 2 is 1.59 bits per heavy atom. The van der Waals surface area contributed by atoms with Gasteiger partial charge in [-0.15, -0.1) is 6.42 Å². The Morgan fingerprint density at radius 1 is 0.961 bits per heavy atom. The first-order valence-corrected chi connectivity index (χ1v) is 19.4. The van der Waals surface area contributed by atoms with E-state index in [2.05, 4.69) is 37.4 Å². The number of alkyl carbamates (subject to hydrolysis) is 1. The first kappa shape index (κ1) is 42.7. The molecular weight excluding hydrogens is 697 g/mol. The molecule has 51 heavy (non-hydrogen) atoms. The van der Waals surface area contributed by atoms with Crippen LogP contribution in [0.3, 0.4) is 0 Å². The standard InChI is InChI=1S/C34H48N7O8PS/c1-7-20-35-32(44)29(10-8-9-21-37-33(45)49-34(2,3)4)38-30(42)19-24-51-50(46,47)48-23-22-36-31(43)25-11-13-26(14-12-25)39-40-27-15-17-28(18-16-27)41(5)6/h1,11-18,29H,8-10,19-24H2,2-6H3,(H,35,44)(H,36,43)(H,37,45)(H,38,42)(H,46,47). The van der Waals surface area contributed by atoms with Gasteiger partial charge in [0.2, 0.25) is 11.8 Å². The molecule has 2 rings (SSSR count). The number of terminal acetylenes is 1. The Balaban J connectivity index is 1.71. The predicted octanol–water partition coefficient (Wildman–Crippen LogP) is 5.07. The summed E-state index contributed by atoms with van der Waals surface area (Å²) in [5, 5.41) is 18.8. The van der Waals surface area contributed by atoms with Crippen LogP contribution in [-0.2, 0) is 23.4 Å². The molecule has 15 nitrogen and oxygen atoms in total. The second-order valence-corrected chi connectivity index (χ2v) is 16.3. The van der Waals surface area contributed by atoms with E-state index in [1.54, 1.807) is 45.0 Å². The van der Waals surface area contributed by atoms with Gasteiger partial charge in [0.15, 0.2) is 0 Å². The van der Waals surface area contributed by atoms with E-state index in [1.165, 1.54) is 0 Å². The molecule has 0 saturated carbocycles. The fourth-order valence-corrected chi connectivity index (χ4v) is 6.42. The molecule has 0 heterocycles. The molecule has 2 atom stereocenters. The Labute approximate surface area is 303 Å². The lowest BCUT2D eigenvalue weighted by molar-refractivity contribution is -0.128. The quantitative estimate of drug-likeness (QED) is 0.0528. The van der Waals surface area contributed by atoms with Crippen LogP contribution < -0.4 is 26.2 Å². The summed E-state index contributed by atoms with van der Waals surface area (Å²) < 4.78 is 22.7. The van der Waals surface area contributed by atoms with E-state index in [0.717, 1.165) is 5.69 Å². The Hall–Kier alpha value is -4.42. The molecule has 0 aliphatic rings. The lowest BCUT2D eigenvalue weighted by Gasteiger charge is -2.20. The second kappa shape index (κ2) is 21.7. The number of amides is 4. The summed E-state index contributed by atoms with van der Waals surface area (Å²) in [7, 11) is 3.90. The lowest BCUT2D eigenvalue weighted by atomic mass is 10.1. The molecule has 0 fully saturated rings. The third kappa shape index (κ3) is 18.4. The monoisotopic (exact) mass is 745 g/mol. The number of unbranched alkanes of at least 4 members (excludes halogenated alkanes) is 1. The number of benzene rings is 2. The van der Waals surface area contributed by atoms with Crippen LogP contribution in [0.25, 0.3) is 0 Å². The zero-order valence-corrected chi connectivity index (χ0v) is 31.4. The van der Waals surface area contributed by atoms with Crippen LogP contribution in [0.2, 0.25) is 0 Å². The molecule has 0 aromatic heterocycles. The van der Waals surface area contributed by atoms with Crippen LogP contribution >= 0.6 is 18.2 Å². The second-order valence-electron chi connectivity index (χ2n) is 12.3. The first-order valence-electron chi connectivity index (χ1n) is 16.2. The number of hydrogen-bond donors (Lipinski definition) is 5. The van der Waals surface area contributed by atoms with Crippen LogP contribution in [0.1, 0.15) is 56.8 Å². The van der Waals surface area contributed by atoms with E-state index in [1.807, 2.05) is 43.3 Å². The van der Waals surface area contributed by atoms with Crippen molar-refractivity contribution in [1.82, 2.24) is 21.3 Å². The zero-order valence-electron chi connectivity index (χ0n) is 29.6. The number of nitrogens with zero attached hydrogens (tertiary/aromatic N) is 3. The highest BCUT2D eigenvalue weighted by Gasteiger charge is 2.23. The fourth-order valence-electron chi connectivity index (χ4n) is 4.11. The maximum Gasteiger partial charge on any atom is 0.407 e. The van der Waals surface area contributed by atoms with E-state index in [-0.39, 0.29) is 38.3 Å². The van der Waals surface area contributed by atoms with Gasteiger partial charge >= 0.3 is 12.9 Å². The molecule has 0 radical (unpaired) electrons. The van der Waals surface area contributed by atoms with Gasteiger partial charge in [0.1, 0.15) is 11.6 Å². The summed E-state index contributed by atoms with van der Waals surface area (Å²) >= 11 is 0.564. The van der Waals surface area contributed by atoms with Crippen LogP contribution in [0.15, 0.2) is 58.8 Å². The third-order valence-corrected chi connectivity index (χ3v) is 9.67. The van der Waals surface area contributed by atoms with Gasteiger partial charge in [-0.1, -0.05) is 5.92 Å². The molecule has 0 aliphatic heterocycles. The lowest BCUT2D eigenvalue weighted by Crippen LogP contribution is -2.47. The minimum atomic E-state index is -4.13. The van der Waals surface area contributed by atoms with Gasteiger partial charge in [-0.2, -0.15) is 10.2 Å². The molecule has 2 unspecified atom stereocenters. The number of ether oxygens (including phenoxy) is 1. The number of rotatable bonds is 20. The zero-order chi connectivity index (χ0) is 37.9. The molecule has 4 amide bonds. The fraction of sp³-hybridized carbons (Fsp3) is 0.471. The summed E-state index contributed by atoms with van der Waals surface area (Å²) in [5.74, 6) is 0.870. The minimum Gasteiger partial charge on any atom is -0.444 e. The van der Waals surface area contributed by atoms with Crippen LogP contribution in [0.5, 0.6) is 0 Å². The van der Waals surface area contributed by atoms with Gasteiger partial charge in [0.25, 0.3) is 5.91 Å². The van der Waals surface area contributed by atoms with Crippen molar-refractivity contribution < 1.29 is 37.9 Å². The first-order chi connectivity index (χ1) is 24.1. The Bertz CT molecular complexity index is 1560. The predicted molar refractivity (Wildman–Crippen MR) is 198 cm³/mol. The van der Waals surface area contributed by atoms with E-state index >= 15 is 0 Å². The molecule has 278 valence electrons. The van der Waals surface area contributed by atoms with Gasteiger partial charge in [-0.25, -0.2) is 9.36 Å². The summed E-state index contributed by atoms with van der Waals surface area (Å²) in [4.78, 5) is 61.5. The van der Waals surface area contributed by atoms with Gasteiger partial charge < -0.3 is 35.8 Å². The normalized spacial score (nSPS) is 13.0. The molecule has 17 heteroatoms. The largest absolute Gasteiger partial charge is 0.444 e. The number of anilines is 1. The molecule has 0 bridgehead atoms. The third-order valence-electron chi connectivity index (χ3n) is 6.61. The highest BCUT2D eigenvalue weighted by Crippen LogP contribution is 2.55. The number of azo groups is 1. The number of carbonyl (C=O) groups excluding carboxylic acids is 4. The number of nitrogens with one attached hydrogen (secondary N) is 4. The molecular formula is C34H48N7O8PS. The smallest absolute Gasteiger partial charge is 0.407 e. The van der Waals surface area contributed by atoms with E-state index in [0.29, 0.717) is 47.7 Å². The molecule has 2 aromatic carbocycles. The summed E-state index contributed by atoms with van der Waals surface area (Å²) in [6.45, 7) is 1.18. The number of carbonyl (C=O) groups is 4. The van der Waals surface area contributed by atoms with Crippen molar-refractivity contribution in [3.05, 3.63) is 54.1 Å². The summed E-state index contributed by atoms with van der Waals surface area (Å²) in [5.41, 5.74) is 2.04. The maximum atomic E-state index is 12.6.